The molecule has 2 aromatic rings. The van der Waals surface area contributed by atoms with Crippen LogP contribution in [0.2, 0.25) is 23.3 Å². The molecule has 0 N–H and O–H groups in total. The van der Waals surface area contributed by atoms with Gasteiger partial charge in [0.25, 0.3) is 0 Å². The number of imidazole rings is 1. The quantitative estimate of drug-likeness (QED) is 0.586. The number of halogens is 1. The highest BCUT2D eigenvalue weighted by molar-refractivity contribution is 6.74. The molecular formula is C16H24ClN3O3Si. The Morgan fingerprint density at radius 1 is 1.38 bits per heavy atom. The molecule has 0 spiro atoms. The van der Waals surface area contributed by atoms with Gasteiger partial charge in [0.1, 0.15) is 5.56 Å². The van der Waals surface area contributed by atoms with Gasteiger partial charge in [0.15, 0.2) is 19.1 Å². The number of rotatable bonds is 5. The van der Waals surface area contributed by atoms with Crippen molar-refractivity contribution in [2.45, 2.75) is 52.4 Å². The van der Waals surface area contributed by atoms with E-state index in [4.69, 9.17) is 20.8 Å². The lowest BCUT2D eigenvalue weighted by atomic mass is 10.2. The molecule has 0 saturated carbocycles. The van der Waals surface area contributed by atoms with E-state index >= 15 is 0 Å². The smallest absolute Gasteiger partial charge is 0.342 e. The maximum atomic E-state index is 12.1. The molecule has 0 fully saturated rings. The van der Waals surface area contributed by atoms with Crippen LogP contribution in [0.25, 0.3) is 5.65 Å². The third-order valence-corrected chi connectivity index (χ3v) is 8.99. The summed E-state index contributed by atoms with van der Waals surface area (Å²) in [5.74, 6) is -0.464. The summed E-state index contributed by atoms with van der Waals surface area (Å²) in [6.45, 7) is 13.3. The van der Waals surface area contributed by atoms with Crippen molar-refractivity contribution in [3.05, 3.63) is 28.7 Å². The highest BCUT2D eigenvalue weighted by atomic mass is 35.5. The summed E-state index contributed by atoms with van der Waals surface area (Å²) in [4.78, 5) is 16.6. The van der Waals surface area contributed by atoms with Gasteiger partial charge in [-0.05, 0) is 31.1 Å². The molecule has 0 unspecified atom stereocenters. The fourth-order valence-electron chi connectivity index (χ4n) is 1.89. The van der Waals surface area contributed by atoms with Crippen molar-refractivity contribution in [2.75, 3.05) is 6.61 Å². The van der Waals surface area contributed by atoms with Crippen molar-refractivity contribution < 1.29 is 14.0 Å². The molecule has 0 bridgehead atoms. The highest BCUT2D eigenvalue weighted by Gasteiger charge is 2.37. The number of hydrogen-bond donors (Lipinski definition) is 0. The summed E-state index contributed by atoms with van der Waals surface area (Å²) in [5, 5.41) is 4.48. The molecule has 2 aromatic heterocycles. The Labute approximate surface area is 148 Å². The number of esters is 1. The predicted molar refractivity (Wildman–Crippen MR) is 95.9 cm³/mol. The molecule has 6 nitrogen and oxygen atoms in total. The van der Waals surface area contributed by atoms with E-state index in [0.717, 1.165) is 0 Å². The first-order valence-corrected chi connectivity index (χ1v) is 11.2. The number of carbonyl (C=O) groups is 1. The van der Waals surface area contributed by atoms with Crippen molar-refractivity contribution >= 4 is 31.5 Å². The van der Waals surface area contributed by atoms with E-state index in [0.29, 0.717) is 23.5 Å². The lowest BCUT2D eigenvalue weighted by molar-refractivity contribution is 0.0527. The van der Waals surface area contributed by atoms with Crippen LogP contribution < -0.4 is 0 Å². The largest absolute Gasteiger partial charge is 0.462 e. The van der Waals surface area contributed by atoms with Gasteiger partial charge < -0.3 is 9.16 Å². The molecule has 0 amide bonds. The van der Waals surface area contributed by atoms with E-state index in [1.54, 1.807) is 13.1 Å². The van der Waals surface area contributed by atoms with Gasteiger partial charge in [0.2, 0.25) is 0 Å². The van der Waals surface area contributed by atoms with E-state index in [1.807, 2.05) is 0 Å². The maximum absolute atomic E-state index is 12.1. The van der Waals surface area contributed by atoms with Gasteiger partial charge in [-0.15, -0.1) is 0 Å². The number of fused-ring (bicyclic) bond motifs is 1. The molecule has 0 aromatic carbocycles. The van der Waals surface area contributed by atoms with E-state index in [2.05, 4.69) is 43.9 Å². The van der Waals surface area contributed by atoms with Crippen molar-refractivity contribution in [3.63, 3.8) is 0 Å². The van der Waals surface area contributed by atoms with Crippen molar-refractivity contribution in [1.29, 1.82) is 0 Å². The minimum atomic E-state index is -1.88. The summed E-state index contributed by atoms with van der Waals surface area (Å²) in [7, 11) is -1.88. The van der Waals surface area contributed by atoms with Gasteiger partial charge in [-0.2, -0.15) is 5.10 Å². The van der Waals surface area contributed by atoms with Crippen LogP contribution in [0.3, 0.4) is 0 Å². The van der Waals surface area contributed by atoms with Crippen molar-refractivity contribution in [1.82, 2.24) is 14.6 Å². The molecular weight excluding hydrogens is 346 g/mol. The van der Waals surface area contributed by atoms with Crippen LogP contribution in [0, 0.1) is 0 Å². The van der Waals surface area contributed by atoms with Gasteiger partial charge in [-0.3, -0.25) is 0 Å². The molecule has 0 aliphatic rings. The van der Waals surface area contributed by atoms with E-state index in [1.165, 1.54) is 10.6 Å². The molecule has 0 saturated heterocycles. The molecule has 8 heteroatoms. The second-order valence-corrected chi connectivity index (χ2v) is 12.3. The SMILES string of the molecule is CCOC(=O)c1cc(Cl)nn2cc(CO[Si](C)(C)C(C)(C)C)nc12. The van der Waals surface area contributed by atoms with Gasteiger partial charge in [-0.25, -0.2) is 14.3 Å². The number of hydrogen-bond acceptors (Lipinski definition) is 5. The number of nitrogens with zero attached hydrogens (tertiary/aromatic N) is 3. The third-order valence-electron chi connectivity index (χ3n) is 4.33. The van der Waals surface area contributed by atoms with Crippen LogP contribution in [0.5, 0.6) is 0 Å². The minimum Gasteiger partial charge on any atom is -0.462 e. The van der Waals surface area contributed by atoms with Crippen LogP contribution in [0.15, 0.2) is 12.3 Å². The number of ether oxygens (including phenoxy) is 1. The molecule has 0 aliphatic carbocycles. The van der Waals surface area contributed by atoms with Crippen LogP contribution >= 0.6 is 11.6 Å². The zero-order valence-corrected chi connectivity index (χ0v) is 16.8. The van der Waals surface area contributed by atoms with Gasteiger partial charge in [-0.1, -0.05) is 32.4 Å². The summed E-state index contributed by atoms with van der Waals surface area (Å²) in [6, 6.07) is 1.47. The first-order chi connectivity index (χ1) is 11.0. The molecule has 2 heterocycles. The van der Waals surface area contributed by atoms with Crippen LogP contribution in [0.4, 0.5) is 0 Å². The Balaban J connectivity index is 2.31. The van der Waals surface area contributed by atoms with Gasteiger partial charge in [0, 0.05) is 0 Å². The first kappa shape index (κ1) is 18.9. The fourth-order valence-corrected chi connectivity index (χ4v) is 3.03. The average Bonchev–Trinajstić information content (AvgIpc) is 2.86. The predicted octanol–water partition coefficient (Wildman–Crippen LogP) is 4.08. The number of carbonyl (C=O) groups excluding carboxylic acids is 1. The lowest BCUT2D eigenvalue weighted by Crippen LogP contribution is -2.40. The Morgan fingerprint density at radius 3 is 2.62 bits per heavy atom. The normalized spacial score (nSPS) is 12.6. The molecule has 132 valence electrons. The topological polar surface area (TPSA) is 65.7 Å². The average molecular weight is 370 g/mol. The minimum absolute atomic E-state index is 0.115. The first-order valence-electron chi connectivity index (χ1n) is 7.91. The maximum Gasteiger partial charge on any atom is 0.342 e. The van der Waals surface area contributed by atoms with Crippen molar-refractivity contribution in [3.8, 4) is 0 Å². The second-order valence-electron chi connectivity index (χ2n) is 7.15. The van der Waals surface area contributed by atoms with E-state index in [9.17, 15) is 4.79 Å². The number of aromatic nitrogens is 3. The Kier molecular flexibility index (Phi) is 5.36. The Morgan fingerprint density at radius 2 is 2.04 bits per heavy atom. The van der Waals surface area contributed by atoms with Crippen LogP contribution in [-0.2, 0) is 15.8 Å². The Hall–Kier alpha value is -1.44. The third kappa shape index (κ3) is 3.96. The van der Waals surface area contributed by atoms with Crippen LogP contribution in [0.1, 0.15) is 43.7 Å². The summed E-state index contributed by atoms with van der Waals surface area (Å²) < 4.78 is 12.7. The monoisotopic (exact) mass is 369 g/mol. The standard InChI is InChI=1S/C16H24ClN3O3Si/c1-7-22-15(21)12-8-13(17)19-20-9-11(18-14(12)20)10-23-24(5,6)16(2,3)4/h8-9H,7,10H2,1-6H3. The zero-order valence-electron chi connectivity index (χ0n) is 15.0. The Bertz CT molecular complexity index is 753. The highest BCUT2D eigenvalue weighted by Crippen LogP contribution is 2.37. The van der Waals surface area contributed by atoms with E-state index < -0.39 is 14.3 Å². The lowest BCUT2D eigenvalue weighted by Gasteiger charge is -2.35. The zero-order chi connectivity index (χ0) is 18.1. The second kappa shape index (κ2) is 6.82. The van der Waals surface area contributed by atoms with Gasteiger partial charge in [0.05, 0.1) is 25.1 Å². The molecule has 0 radical (unpaired) electrons. The molecule has 0 atom stereocenters. The van der Waals surface area contributed by atoms with E-state index in [-0.39, 0.29) is 16.8 Å². The fraction of sp³-hybridized carbons (Fsp3) is 0.562. The summed E-state index contributed by atoms with van der Waals surface area (Å²) >= 11 is 5.99. The molecule has 2 rings (SSSR count). The molecule has 24 heavy (non-hydrogen) atoms. The van der Waals surface area contributed by atoms with Crippen molar-refractivity contribution in [2.24, 2.45) is 0 Å². The summed E-state index contributed by atoms with van der Waals surface area (Å²) in [5.41, 5.74) is 1.43. The van der Waals surface area contributed by atoms with Crippen LogP contribution in [-0.4, -0.2) is 35.5 Å². The van der Waals surface area contributed by atoms with Gasteiger partial charge >= 0.3 is 5.97 Å². The molecule has 0 aliphatic heterocycles. The summed E-state index contributed by atoms with van der Waals surface area (Å²) in [6.07, 6.45) is 1.73.